The summed E-state index contributed by atoms with van der Waals surface area (Å²) in [6.07, 6.45) is 16.9. The minimum atomic E-state index is -4.25. The van der Waals surface area contributed by atoms with Crippen molar-refractivity contribution in [2.75, 3.05) is 64.7 Å². The number of allylic oxidation sites excluding steroid dienone is 6. The summed E-state index contributed by atoms with van der Waals surface area (Å²) in [6, 6.07) is -0.378. The molecule has 4 rings (SSSR count). The summed E-state index contributed by atoms with van der Waals surface area (Å²) in [5.41, 5.74) is 1.79. The molecule has 0 aromatic carbocycles. The number of hydroxylamine groups is 4. The highest BCUT2D eigenvalue weighted by molar-refractivity contribution is 7.90. The van der Waals surface area contributed by atoms with Gasteiger partial charge in [-0.25, -0.2) is 33.1 Å². The van der Waals surface area contributed by atoms with Crippen LogP contribution in [0.2, 0.25) is 0 Å². The lowest BCUT2D eigenvalue weighted by atomic mass is 9.78. The van der Waals surface area contributed by atoms with E-state index in [4.69, 9.17) is 29.9 Å². The molecule has 0 aromatic rings. The van der Waals surface area contributed by atoms with Crippen LogP contribution in [0.4, 0.5) is 0 Å². The number of aliphatic carboxylic acids is 2. The molecular weight excluding hydrogens is 825 g/mol. The van der Waals surface area contributed by atoms with Gasteiger partial charge in [0.2, 0.25) is 0 Å². The van der Waals surface area contributed by atoms with Crippen LogP contribution in [0.1, 0.15) is 40.5 Å². The molecule has 0 saturated carbocycles. The van der Waals surface area contributed by atoms with E-state index in [0.29, 0.717) is 36.6 Å². The Kier molecular flexibility index (Phi) is 15.0. The Hall–Kier alpha value is -5.22. The lowest BCUT2D eigenvalue weighted by molar-refractivity contribution is -0.183. The van der Waals surface area contributed by atoms with Crippen molar-refractivity contribution in [3.63, 3.8) is 0 Å². The number of carboxylic acid groups (broad SMARTS) is 2. The van der Waals surface area contributed by atoms with Crippen molar-refractivity contribution >= 4 is 55.3 Å². The predicted octanol–water partition coefficient (Wildman–Crippen LogP) is 2.18. The molecular formula is C39H52N6O13S2. The minimum absolute atomic E-state index is 0.0179. The number of carbonyl (C=O) groups excluding carboxylic acids is 2. The zero-order valence-electron chi connectivity index (χ0n) is 34.6. The second-order valence-corrected chi connectivity index (χ2v) is 19.4. The van der Waals surface area contributed by atoms with Gasteiger partial charge in [-0.2, -0.15) is 8.42 Å². The fourth-order valence-electron chi connectivity index (χ4n) is 6.82. The summed E-state index contributed by atoms with van der Waals surface area (Å²) in [4.78, 5) is 72.2. The Balaban J connectivity index is 1.59. The highest BCUT2D eigenvalue weighted by Crippen LogP contribution is 2.45. The average Bonchev–Trinajstić information content (AvgIpc) is 3.42. The lowest BCUT2D eigenvalue weighted by Crippen LogP contribution is -2.37. The van der Waals surface area contributed by atoms with Gasteiger partial charge < -0.3 is 20.0 Å². The fraction of sp³-hybridized carbons (Fsp3) is 0.487. The van der Waals surface area contributed by atoms with E-state index in [9.17, 15) is 40.6 Å². The van der Waals surface area contributed by atoms with E-state index in [2.05, 4.69) is 0 Å². The molecule has 0 radical (unpaired) electrons. The molecule has 21 heteroatoms. The Morgan fingerprint density at radius 2 is 1.43 bits per heavy atom. The van der Waals surface area contributed by atoms with Crippen molar-refractivity contribution in [2.24, 2.45) is 20.8 Å². The Bertz CT molecular complexity index is 2260. The Morgan fingerprint density at radius 1 is 0.850 bits per heavy atom. The van der Waals surface area contributed by atoms with E-state index in [1.165, 1.54) is 20.3 Å². The van der Waals surface area contributed by atoms with Gasteiger partial charge in [-0.05, 0) is 42.7 Å². The van der Waals surface area contributed by atoms with E-state index in [1.807, 2.05) is 38.7 Å². The van der Waals surface area contributed by atoms with Crippen LogP contribution in [0.3, 0.4) is 0 Å². The number of rotatable bonds is 19. The molecule has 2 amide bonds. The zero-order valence-corrected chi connectivity index (χ0v) is 36.2. The van der Waals surface area contributed by atoms with Gasteiger partial charge in [0.15, 0.2) is 13.2 Å². The zero-order chi connectivity index (χ0) is 44.8. The van der Waals surface area contributed by atoms with Gasteiger partial charge in [0.25, 0.3) is 21.9 Å². The first kappa shape index (κ1) is 47.5. The number of aliphatic imine (C=N–C) groups is 2. The number of hydrogen-bond donors (Lipinski definition) is 3. The normalized spacial score (nSPS) is 20.5. The summed E-state index contributed by atoms with van der Waals surface area (Å²) < 4.78 is 55.9. The van der Waals surface area contributed by atoms with Gasteiger partial charge in [0.1, 0.15) is 15.7 Å². The molecule has 0 fully saturated rings. The van der Waals surface area contributed by atoms with E-state index in [-0.39, 0.29) is 35.9 Å². The fourth-order valence-corrected chi connectivity index (χ4v) is 7.97. The largest absolute Gasteiger partial charge is 0.479 e. The maximum absolute atomic E-state index is 13.4. The van der Waals surface area contributed by atoms with Crippen molar-refractivity contribution < 1.29 is 60.5 Å². The molecule has 4 aliphatic rings. The third-order valence-corrected chi connectivity index (χ3v) is 11.9. The highest BCUT2D eigenvalue weighted by atomic mass is 32.2. The highest BCUT2D eigenvalue weighted by Gasteiger charge is 2.43. The van der Waals surface area contributed by atoms with E-state index in [1.54, 1.807) is 47.6 Å². The molecule has 0 aliphatic carbocycles. The molecule has 60 heavy (non-hydrogen) atoms. The van der Waals surface area contributed by atoms with Crippen LogP contribution in [-0.4, -0.2) is 158 Å². The van der Waals surface area contributed by atoms with Gasteiger partial charge in [-0.1, -0.05) is 45.9 Å². The van der Waals surface area contributed by atoms with Gasteiger partial charge in [-0.3, -0.25) is 28.8 Å². The molecule has 4 heterocycles. The smallest absolute Gasteiger partial charge is 0.332 e. The van der Waals surface area contributed by atoms with Crippen molar-refractivity contribution in [2.45, 2.75) is 46.6 Å². The quantitative estimate of drug-likeness (QED) is 0.0956. The summed E-state index contributed by atoms with van der Waals surface area (Å²) in [5.74, 6) is -3.83. The Morgan fingerprint density at radius 3 is 2.00 bits per heavy atom. The predicted molar refractivity (Wildman–Crippen MR) is 221 cm³/mol. The number of sulfone groups is 1. The number of amides is 2. The van der Waals surface area contributed by atoms with Crippen LogP contribution in [-0.2, 0) is 48.8 Å². The number of nitrogens with zero attached hydrogens (tertiary/aromatic N) is 6. The summed E-state index contributed by atoms with van der Waals surface area (Å²) in [5, 5.41) is 19.7. The molecule has 1 atom stereocenters. The first-order valence-electron chi connectivity index (χ1n) is 18.8. The molecule has 328 valence electrons. The first-order valence-corrected chi connectivity index (χ1v) is 22.5. The molecule has 0 aromatic heterocycles. The minimum Gasteiger partial charge on any atom is -0.479 e. The topological polar surface area (TPSA) is 253 Å². The molecule has 0 saturated heterocycles. The van der Waals surface area contributed by atoms with E-state index < -0.39 is 73.5 Å². The van der Waals surface area contributed by atoms with Crippen LogP contribution in [0, 0.1) is 10.8 Å². The molecule has 4 aliphatic heterocycles. The van der Waals surface area contributed by atoms with Crippen LogP contribution in [0.15, 0.2) is 92.9 Å². The van der Waals surface area contributed by atoms with Crippen molar-refractivity contribution in [1.29, 1.82) is 0 Å². The average molecular weight is 877 g/mol. The maximum Gasteiger partial charge on any atom is 0.332 e. The van der Waals surface area contributed by atoms with Crippen molar-refractivity contribution in [3.8, 4) is 0 Å². The number of hydrogen-bond acceptors (Lipinski definition) is 14. The molecule has 0 bridgehead atoms. The number of fused-ring (bicyclic) bond motifs is 2. The van der Waals surface area contributed by atoms with Crippen molar-refractivity contribution in [1.82, 2.24) is 19.9 Å². The van der Waals surface area contributed by atoms with Gasteiger partial charge in [0, 0.05) is 74.5 Å². The molecule has 0 spiro atoms. The third-order valence-electron chi connectivity index (χ3n) is 10.0. The number of carbonyl (C=O) groups is 4. The summed E-state index contributed by atoms with van der Waals surface area (Å²) in [6.45, 7) is 7.06. The number of amidine groups is 1. The van der Waals surface area contributed by atoms with Crippen LogP contribution < -0.4 is 0 Å². The SMILES string of the molecule is CN(OCC(=O)O)C(=O)C1=CN(CCCS(C)(=O)=O)CC2N=C(C=CC=CC=C3N=C4C(=CC(C(=O)N(C)OCC(=O)O)=CN4CCCS(=O)(=O)O)C3(C)C)C(C)(C)C2=C1. The molecule has 3 N–H and O–H groups in total. The van der Waals surface area contributed by atoms with Crippen LogP contribution in [0.5, 0.6) is 0 Å². The van der Waals surface area contributed by atoms with Gasteiger partial charge >= 0.3 is 11.9 Å². The summed E-state index contributed by atoms with van der Waals surface area (Å²) in [7, 11) is -4.88. The monoisotopic (exact) mass is 876 g/mol. The van der Waals surface area contributed by atoms with Crippen LogP contribution >= 0.6 is 0 Å². The van der Waals surface area contributed by atoms with E-state index >= 15 is 0 Å². The lowest BCUT2D eigenvalue weighted by Gasteiger charge is -2.31. The standard InChI is InChI=1S/C39H52N6O13S2/c1-38(2)28-19-26(36(50)42(5)57-24-33(46)47)21-44(15-11-17-59(7,52)53)23-30(28)40-31(38)13-9-8-10-14-32-39(3,4)29-20-27(37(51)43(6)58-25-34(48)49)22-45(35(29)41-32)16-12-18-60(54,55)56/h8-10,13-14,19-22,30H,11-12,15-18,23-25H2,1-7H3,(H,46,47)(H,48,49)(H,54,55,56). The van der Waals surface area contributed by atoms with Gasteiger partial charge in [-0.15, -0.1) is 0 Å². The summed E-state index contributed by atoms with van der Waals surface area (Å²) >= 11 is 0. The molecule has 1 unspecified atom stereocenters. The number of carboxylic acids is 2. The van der Waals surface area contributed by atoms with Gasteiger partial charge in [0.05, 0.1) is 34.4 Å². The van der Waals surface area contributed by atoms with Crippen molar-refractivity contribution in [3.05, 3.63) is 82.9 Å². The first-order chi connectivity index (χ1) is 27.8. The van der Waals surface area contributed by atoms with E-state index in [0.717, 1.165) is 27.7 Å². The Labute approximate surface area is 349 Å². The third kappa shape index (κ3) is 12.4. The maximum atomic E-state index is 13.4. The molecule has 19 nitrogen and oxygen atoms in total. The number of likely N-dealkylation sites (N-methyl/N-ethyl adjacent to an activating group) is 2. The second-order valence-electron chi connectivity index (χ2n) is 15.6. The van der Waals surface area contributed by atoms with Crippen LogP contribution in [0.25, 0.3) is 0 Å². The second kappa shape index (κ2) is 19.0.